The van der Waals surface area contributed by atoms with Crippen molar-refractivity contribution in [3.63, 3.8) is 0 Å². The molecule has 0 saturated carbocycles. The van der Waals surface area contributed by atoms with Crippen molar-refractivity contribution in [1.29, 1.82) is 15.8 Å². The molecular weight excluding hydrogens is 878 g/mol. The zero-order valence-corrected chi connectivity index (χ0v) is 41.1. The summed E-state index contributed by atoms with van der Waals surface area (Å²) in [6.07, 6.45) is 12.3. The number of alkyl halides is 3. The molecule has 0 radical (unpaired) electrons. The Morgan fingerprint density at radius 2 is 1.30 bits per heavy atom. The fraction of sp³-hybridized carbons (Fsp3) is 0.339. The van der Waals surface area contributed by atoms with Crippen LogP contribution < -0.4 is 10.4 Å². The highest BCUT2D eigenvalue weighted by Gasteiger charge is 2.65. The molecule has 4 aromatic rings. The van der Waals surface area contributed by atoms with E-state index >= 15 is 13.2 Å². The minimum atomic E-state index is -5.08. The van der Waals surface area contributed by atoms with Gasteiger partial charge < -0.3 is 14.1 Å². The summed E-state index contributed by atoms with van der Waals surface area (Å²) in [4.78, 5) is 4.04. The topological polar surface area (TPSA) is 93.1 Å². The van der Waals surface area contributed by atoms with Gasteiger partial charge in [-0.15, -0.1) is 11.3 Å². The molecule has 3 aromatic carbocycles. The molecule has 11 heteroatoms. The van der Waals surface area contributed by atoms with Gasteiger partial charge in [0.15, 0.2) is 11.3 Å². The van der Waals surface area contributed by atoms with E-state index in [1.165, 1.54) is 63.8 Å². The molecule has 0 N–H and O–H groups in total. The van der Waals surface area contributed by atoms with Crippen LogP contribution in [0.25, 0.3) is 12.2 Å². The van der Waals surface area contributed by atoms with Crippen LogP contribution in [0, 0.1) is 39.9 Å². The summed E-state index contributed by atoms with van der Waals surface area (Å²) in [5, 5.41) is 31.8. The molecule has 1 aliphatic carbocycles. The summed E-state index contributed by atoms with van der Waals surface area (Å²) >= 11 is 1.38. The molecule has 6 rings (SSSR count). The average molecular weight is 937 g/mol. The van der Waals surface area contributed by atoms with Gasteiger partial charge in [0.05, 0.1) is 6.10 Å². The molecule has 1 aromatic heterocycles. The smallest absolute Gasteiger partial charge is 0.437 e. The van der Waals surface area contributed by atoms with E-state index in [9.17, 15) is 15.8 Å². The summed E-state index contributed by atoms with van der Waals surface area (Å²) in [7, 11) is -3.07. The van der Waals surface area contributed by atoms with E-state index in [0.717, 1.165) is 62.1 Å². The summed E-state index contributed by atoms with van der Waals surface area (Å²) in [6.45, 7) is 15.7. The minimum absolute atomic E-state index is 0.00758. The van der Waals surface area contributed by atoms with Crippen LogP contribution in [0.15, 0.2) is 161 Å². The molecule has 3 unspecified atom stereocenters. The summed E-state index contributed by atoms with van der Waals surface area (Å²) in [5.74, 6) is -0.691. The third-order valence-corrected chi connectivity index (χ3v) is 19.0. The van der Waals surface area contributed by atoms with E-state index in [1.54, 1.807) is 18.2 Å². The number of rotatable bonds is 19. The Labute approximate surface area is 400 Å². The SMILES string of the molecule is CCCCN(CCCC)C1=CC=C(/C=C/c2ccc(/C=C/C3=C(C#N)C(=C(C#N)C#N)OC3(c3ccccc3)C(F)(F)F)s2)C(O[Si](c2ccccc2)(c2ccccc2)C(C)(C)CCC)C1C. The van der Waals surface area contributed by atoms with E-state index in [4.69, 9.17) is 9.16 Å². The molecule has 346 valence electrons. The van der Waals surface area contributed by atoms with Crippen molar-refractivity contribution in [2.24, 2.45) is 5.92 Å². The quantitative estimate of drug-likeness (QED) is 0.0687. The Hall–Kier alpha value is -6.16. The minimum Gasteiger partial charge on any atom is -0.465 e. The summed E-state index contributed by atoms with van der Waals surface area (Å²) in [6, 6.07) is 37.3. The predicted molar refractivity (Wildman–Crippen MR) is 267 cm³/mol. The van der Waals surface area contributed by atoms with Gasteiger partial charge in [0.1, 0.15) is 23.8 Å². The fourth-order valence-electron chi connectivity index (χ4n) is 9.56. The van der Waals surface area contributed by atoms with Gasteiger partial charge in [-0.2, -0.15) is 29.0 Å². The molecule has 2 aliphatic rings. The number of unbranched alkanes of at least 4 members (excludes halogenated alkanes) is 2. The molecule has 67 heavy (non-hydrogen) atoms. The van der Waals surface area contributed by atoms with Crippen molar-refractivity contribution < 1.29 is 22.3 Å². The highest BCUT2D eigenvalue weighted by atomic mass is 32.1. The molecule has 0 amide bonds. The zero-order valence-electron chi connectivity index (χ0n) is 39.2. The van der Waals surface area contributed by atoms with Crippen LogP contribution in [-0.4, -0.2) is 38.6 Å². The molecule has 2 heterocycles. The van der Waals surface area contributed by atoms with Crippen LogP contribution in [0.1, 0.15) is 95.4 Å². The second-order valence-corrected chi connectivity index (χ2v) is 23.0. The fourth-order valence-corrected chi connectivity index (χ4v) is 15.5. The van der Waals surface area contributed by atoms with Crippen LogP contribution in [0.4, 0.5) is 13.2 Å². The second kappa shape index (κ2) is 22.1. The van der Waals surface area contributed by atoms with Gasteiger partial charge in [0, 0.05) is 45.6 Å². The van der Waals surface area contributed by atoms with Crippen molar-refractivity contribution in [3.8, 4) is 18.2 Å². The monoisotopic (exact) mass is 936 g/mol. The molecule has 0 fully saturated rings. The van der Waals surface area contributed by atoms with Crippen molar-refractivity contribution in [2.45, 2.75) is 103 Å². The summed E-state index contributed by atoms with van der Waals surface area (Å²) < 4.78 is 60.0. The Morgan fingerprint density at radius 3 is 1.79 bits per heavy atom. The lowest BCUT2D eigenvalue weighted by atomic mass is 9.84. The second-order valence-electron chi connectivity index (χ2n) is 17.7. The van der Waals surface area contributed by atoms with E-state index in [2.05, 4.69) is 125 Å². The number of allylic oxidation sites excluding steroid dienone is 4. The standard InChI is InChI=1S/C56H59F3N4O2SSi/c1-7-10-36-63(37-11-8-2)51-34-28-42(52(41(51)4)65-67(54(5,6)35-9-3,47-23-17-13-18-24-47)48-25-19-14-20-26-48)27-29-45-30-31-46(66-45)32-33-50-49(40-62)53(43(38-60)39-61)64-55(50,56(57,58)59)44-21-15-12-16-22-44/h12-34,41,52H,7-11,35-37H2,1-6H3/b29-27+,33-32+. The van der Waals surface area contributed by atoms with Gasteiger partial charge in [0.2, 0.25) is 0 Å². The lowest BCUT2D eigenvalue weighted by molar-refractivity contribution is -0.249. The van der Waals surface area contributed by atoms with Crippen LogP contribution in [0.3, 0.4) is 0 Å². The normalized spacial score (nSPS) is 18.9. The highest BCUT2D eigenvalue weighted by Crippen LogP contribution is 2.56. The van der Waals surface area contributed by atoms with Crippen molar-refractivity contribution >= 4 is 42.2 Å². The molecule has 0 spiro atoms. The van der Waals surface area contributed by atoms with Gasteiger partial charge in [-0.3, -0.25) is 0 Å². The van der Waals surface area contributed by atoms with E-state index in [0.29, 0.717) is 4.88 Å². The van der Waals surface area contributed by atoms with Gasteiger partial charge in [-0.05, 0) is 70.6 Å². The number of thiophene rings is 1. The lowest BCUT2D eigenvalue weighted by Gasteiger charge is -2.49. The van der Waals surface area contributed by atoms with Crippen molar-refractivity contribution in [2.75, 3.05) is 13.1 Å². The van der Waals surface area contributed by atoms with Crippen molar-refractivity contribution in [1.82, 2.24) is 4.90 Å². The van der Waals surface area contributed by atoms with Gasteiger partial charge >= 0.3 is 6.18 Å². The van der Waals surface area contributed by atoms with Gasteiger partial charge in [-0.25, -0.2) is 0 Å². The highest BCUT2D eigenvalue weighted by molar-refractivity contribution is 7.13. The first-order valence-corrected chi connectivity index (χ1v) is 25.9. The molecular formula is C56H59F3N4O2SSi. The van der Waals surface area contributed by atoms with E-state index in [-0.39, 0.29) is 22.6 Å². The van der Waals surface area contributed by atoms with E-state index in [1.807, 2.05) is 24.3 Å². The average Bonchev–Trinajstić information content (AvgIpc) is 3.94. The third-order valence-electron chi connectivity index (χ3n) is 12.9. The van der Waals surface area contributed by atoms with E-state index < -0.39 is 42.6 Å². The Balaban J connectivity index is 1.46. The maximum atomic E-state index is 15.4. The van der Waals surface area contributed by atoms with Crippen LogP contribution in [-0.2, 0) is 14.8 Å². The third kappa shape index (κ3) is 10.2. The predicted octanol–water partition coefficient (Wildman–Crippen LogP) is 13.5. The van der Waals surface area contributed by atoms with Gasteiger partial charge in [-0.1, -0.05) is 170 Å². The van der Waals surface area contributed by atoms with Crippen LogP contribution in [0.5, 0.6) is 0 Å². The first-order chi connectivity index (χ1) is 32.3. The maximum absolute atomic E-state index is 15.4. The maximum Gasteiger partial charge on any atom is 0.437 e. The Morgan fingerprint density at radius 1 is 0.761 bits per heavy atom. The molecule has 1 aliphatic heterocycles. The molecule has 6 nitrogen and oxygen atoms in total. The zero-order chi connectivity index (χ0) is 48.2. The number of hydrogen-bond donors (Lipinski definition) is 0. The van der Waals surface area contributed by atoms with Crippen molar-refractivity contribution in [3.05, 3.63) is 176 Å². The Kier molecular flexibility index (Phi) is 16.6. The Bertz CT molecular complexity index is 2600. The number of nitrogens with zero attached hydrogens (tertiary/aromatic N) is 4. The number of nitriles is 3. The number of ether oxygens (including phenoxy) is 1. The first-order valence-electron chi connectivity index (χ1n) is 23.2. The van der Waals surface area contributed by atoms with Crippen LogP contribution >= 0.6 is 11.3 Å². The molecule has 0 saturated heterocycles. The number of hydrogen-bond acceptors (Lipinski definition) is 7. The molecule has 3 atom stereocenters. The summed E-state index contributed by atoms with van der Waals surface area (Å²) in [5.41, 5.74) is -2.89. The largest absolute Gasteiger partial charge is 0.465 e. The number of halogens is 3. The van der Waals surface area contributed by atoms with Gasteiger partial charge in [0.25, 0.3) is 13.9 Å². The van der Waals surface area contributed by atoms with Crippen LogP contribution in [0.2, 0.25) is 5.04 Å². The lowest BCUT2D eigenvalue weighted by Crippen LogP contribution is -2.69. The molecule has 0 bridgehead atoms. The number of benzene rings is 3. The first kappa shape index (κ1) is 50.3.